The highest BCUT2D eigenvalue weighted by atomic mass is 79.9. The highest BCUT2D eigenvalue weighted by Crippen LogP contribution is 2.24. The molecular weight excluding hydrogens is 405 g/mol. The third-order valence-electron chi connectivity index (χ3n) is 3.57. The summed E-state index contributed by atoms with van der Waals surface area (Å²) >= 11 is 3.11. The van der Waals surface area contributed by atoms with Gasteiger partial charge in [0.2, 0.25) is 0 Å². The van der Waals surface area contributed by atoms with Crippen molar-refractivity contribution in [3.63, 3.8) is 0 Å². The molecule has 10 heteroatoms. The van der Waals surface area contributed by atoms with Gasteiger partial charge in [0.15, 0.2) is 5.82 Å². The normalized spacial score (nSPS) is 11.8. The second-order valence-electron chi connectivity index (χ2n) is 5.48. The van der Waals surface area contributed by atoms with Crippen LogP contribution in [0, 0.1) is 12.7 Å². The van der Waals surface area contributed by atoms with Crippen molar-refractivity contribution >= 4 is 27.6 Å². The van der Waals surface area contributed by atoms with Crippen molar-refractivity contribution in [1.82, 2.24) is 30.0 Å². The summed E-state index contributed by atoms with van der Waals surface area (Å²) in [5.41, 5.74) is 1.10. The van der Waals surface area contributed by atoms with Crippen LogP contribution in [0.5, 0.6) is 0 Å². The molecule has 134 valence electrons. The standard InChI is InChI=1S/C16H15BrFN7O/c1-9-6-12(18)11(17)7-13(9)24-16(26)23-10(2)14-21-8-22-25(14)15-19-4-3-5-20-15/h3-8,10H,1-2H3,(H2,23,24,26). The first-order valence-electron chi connectivity index (χ1n) is 7.66. The number of carbonyl (C=O) groups is 1. The average Bonchev–Trinajstić information content (AvgIpc) is 3.10. The van der Waals surface area contributed by atoms with Crippen LogP contribution >= 0.6 is 15.9 Å². The summed E-state index contributed by atoms with van der Waals surface area (Å²) in [6.45, 7) is 3.47. The number of nitrogens with zero attached hydrogens (tertiary/aromatic N) is 5. The van der Waals surface area contributed by atoms with Crippen molar-refractivity contribution < 1.29 is 9.18 Å². The van der Waals surface area contributed by atoms with Gasteiger partial charge in [-0.2, -0.15) is 9.78 Å². The molecule has 1 atom stereocenters. The number of aromatic nitrogens is 5. The van der Waals surface area contributed by atoms with Gasteiger partial charge >= 0.3 is 6.03 Å². The maximum Gasteiger partial charge on any atom is 0.319 e. The molecule has 0 saturated carbocycles. The van der Waals surface area contributed by atoms with Crippen molar-refractivity contribution in [3.05, 3.63) is 58.6 Å². The first kappa shape index (κ1) is 17.9. The van der Waals surface area contributed by atoms with E-state index in [1.54, 1.807) is 32.3 Å². The number of hydrogen-bond acceptors (Lipinski definition) is 5. The Hall–Kier alpha value is -2.88. The van der Waals surface area contributed by atoms with E-state index in [-0.39, 0.29) is 4.47 Å². The number of amides is 2. The molecule has 26 heavy (non-hydrogen) atoms. The minimum Gasteiger partial charge on any atom is -0.328 e. The number of anilines is 1. The molecule has 0 saturated heterocycles. The zero-order valence-electron chi connectivity index (χ0n) is 13.9. The molecule has 3 aromatic rings. The van der Waals surface area contributed by atoms with E-state index in [4.69, 9.17) is 0 Å². The quantitative estimate of drug-likeness (QED) is 0.676. The molecule has 1 unspecified atom stereocenters. The molecular formula is C16H15BrFN7O. The number of benzene rings is 1. The van der Waals surface area contributed by atoms with E-state index in [1.807, 2.05) is 0 Å². The van der Waals surface area contributed by atoms with E-state index >= 15 is 0 Å². The first-order valence-corrected chi connectivity index (χ1v) is 8.45. The Balaban J connectivity index is 1.73. The number of halogens is 2. The molecule has 0 bridgehead atoms. The lowest BCUT2D eigenvalue weighted by molar-refractivity contribution is 0.248. The van der Waals surface area contributed by atoms with Crippen molar-refractivity contribution in [1.29, 1.82) is 0 Å². The molecule has 0 aliphatic rings. The van der Waals surface area contributed by atoms with Crippen molar-refractivity contribution in [2.45, 2.75) is 19.9 Å². The van der Waals surface area contributed by atoms with Crippen molar-refractivity contribution in [2.24, 2.45) is 0 Å². The van der Waals surface area contributed by atoms with Gasteiger partial charge in [-0.05, 0) is 53.5 Å². The maximum atomic E-state index is 13.5. The maximum absolute atomic E-state index is 13.5. The fourth-order valence-corrected chi connectivity index (χ4v) is 2.64. The van der Waals surface area contributed by atoms with Gasteiger partial charge in [-0.3, -0.25) is 0 Å². The Kier molecular flexibility index (Phi) is 5.21. The molecule has 0 aliphatic heterocycles. The number of nitrogens with one attached hydrogen (secondary N) is 2. The minimum absolute atomic E-state index is 0.271. The Morgan fingerprint density at radius 3 is 2.73 bits per heavy atom. The van der Waals surface area contributed by atoms with Crippen LogP contribution in [0.2, 0.25) is 0 Å². The van der Waals surface area contributed by atoms with Crippen LogP contribution in [0.1, 0.15) is 24.4 Å². The van der Waals surface area contributed by atoms with Crippen molar-refractivity contribution in [3.8, 4) is 5.95 Å². The average molecular weight is 420 g/mol. The third-order valence-corrected chi connectivity index (χ3v) is 4.17. The van der Waals surface area contributed by atoms with Crippen LogP contribution < -0.4 is 10.6 Å². The summed E-state index contributed by atoms with van der Waals surface area (Å²) < 4.78 is 15.2. The smallest absolute Gasteiger partial charge is 0.319 e. The third kappa shape index (κ3) is 3.85. The molecule has 2 amide bonds. The predicted molar refractivity (Wildman–Crippen MR) is 96.4 cm³/mol. The Labute approximate surface area is 157 Å². The molecule has 8 nitrogen and oxygen atoms in total. The van der Waals surface area contributed by atoms with E-state index < -0.39 is 17.9 Å². The topological polar surface area (TPSA) is 97.6 Å². The highest BCUT2D eigenvalue weighted by molar-refractivity contribution is 9.10. The largest absolute Gasteiger partial charge is 0.328 e. The molecule has 0 aliphatic carbocycles. The lowest BCUT2D eigenvalue weighted by atomic mass is 10.2. The molecule has 2 heterocycles. The van der Waals surface area contributed by atoms with Gasteiger partial charge in [-0.1, -0.05) is 0 Å². The van der Waals surface area contributed by atoms with E-state index in [9.17, 15) is 9.18 Å². The number of rotatable bonds is 4. The first-order chi connectivity index (χ1) is 12.5. The summed E-state index contributed by atoms with van der Waals surface area (Å²) in [4.78, 5) is 24.7. The SMILES string of the molecule is Cc1cc(F)c(Br)cc1NC(=O)NC(C)c1ncnn1-c1ncccn1. The van der Waals surface area contributed by atoms with Crippen LogP contribution in [0.4, 0.5) is 14.9 Å². The van der Waals surface area contributed by atoms with Crippen LogP contribution in [0.3, 0.4) is 0 Å². The van der Waals surface area contributed by atoms with Gasteiger partial charge in [-0.25, -0.2) is 24.1 Å². The van der Waals surface area contributed by atoms with Gasteiger partial charge in [0.1, 0.15) is 12.1 Å². The minimum atomic E-state index is -0.467. The fourth-order valence-electron chi connectivity index (χ4n) is 2.30. The van der Waals surface area contributed by atoms with Crippen LogP contribution in [0.15, 0.2) is 41.4 Å². The number of aryl methyl sites for hydroxylation is 1. The van der Waals surface area contributed by atoms with E-state index in [0.717, 1.165) is 0 Å². The van der Waals surface area contributed by atoms with Gasteiger partial charge < -0.3 is 10.6 Å². The number of carbonyl (C=O) groups excluding carboxylic acids is 1. The summed E-state index contributed by atoms with van der Waals surface area (Å²) in [7, 11) is 0. The van der Waals surface area contributed by atoms with E-state index in [0.29, 0.717) is 23.0 Å². The van der Waals surface area contributed by atoms with Gasteiger partial charge in [0.25, 0.3) is 5.95 Å². The molecule has 2 N–H and O–H groups in total. The lowest BCUT2D eigenvalue weighted by Gasteiger charge is -2.15. The predicted octanol–water partition coefficient (Wildman–Crippen LogP) is 3.15. The molecule has 2 aromatic heterocycles. The van der Waals surface area contributed by atoms with Crippen molar-refractivity contribution in [2.75, 3.05) is 5.32 Å². The Morgan fingerprint density at radius 2 is 2.00 bits per heavy atom. The summed E-state index contributed by atoms with van der Waals surface area (Å²) in [6.07, 6.45) is 4.55. The second kappa shape index (κ2) is 7.56. The zero-order valence-corrected chi connectivity index (χ0v) is 15.5. The van der Waals surface area contributed by atoms with Crippen LogP contribution in [0.25, 0.3) is 5.95 Å². The molecule has 1 aromatic carbocycles. The van der Waals surface area contributed by atoms with Crippen LogP contribution in [-0.2, 0) is 0 Å². The van der Waals surface area contributed by atoms with Gasteiger partial charge in [0, 0.05) is 18.1 Å². The molecule has 3 rings (SSSR count). The Bertz CT molecular complexity index is 932. The Morgan fingerprint density at radius 1 is 1.27 bits per heavy atom. The zero-order chi connectivity index (χ0) is 18.7. The van der Waals surface area contributed by atoms with E-state index in [2.05, 4.69) is 46.6 Å². The van der Waals surface area contributed by atoms with Gasteiger partial charge in [0.05, 0.1) is 10.5 Å². The second-order valence-corrected chi connectivity index (χ2v) is 6.33. The monoisotopic (exact) mass is 419 g/mol. The summed E-state index contributed by atoms with van der Waals surface area (Å²) in [6, 6.07) is 3.62. The fraction of sp³-hybridized carbons (Fsp3) is 0.188. The highest BCUT2D eigenvalue weighted by Gasteiger charge is 2.18. The molecule has 0 radical (unpaired) electrons. The number of urea groups is 1. The lowest BCUT2D eigenvalue weighted by Crippen LogP contribution is -2.33. The van der Waals surface area contributed by atoms with E-state index in [1.165, 1.54) is 23.1 Å². The van der Waals surface area contributed by atoms with Gasteiger partial charge in [-0.15, -0.1) is 0 Å². The number of hydrogen-bond donors (Lipinski definition) is 2. The summed E-state index contributed by atoms with van der Waals surface area (Å²) in [5.74, 6) is 0.438. The summed E-state index contributed by atoms with van der Waals surface area (Å²) in [5, 5.41) is 9.55. The van der Waals surface area contributed by atoms with Crippen LogP contribution in [-0.4, -0.2) is 30.8 Å². The molecule has 0 spiro atoms. The molecule has 0 fully saturated rings.